The lowest BCUT2D eigenvalue weighted by atomic mass is 9.97. The fourth-order valence-electron chi connectivity index (χ4n) is 2.28. The highest BCUT2D eigenvalue weighted by Gasteiger charge is 2.09. The van der Waals surface area contributed by atoms with Gasteiger partial charge in [-0.3, -0.25) is 0 Å². The third kappa shape index (κ3) is 5.84. The van der Waals surface area contributed by atoms with Gasteiger partial charge in [-0.1, -0.05) is 61.7 Å². The Morgan fingerprint density at radius 2 is 1.86 bits per heavy atom. The molecule has 1 unspecified atom stereocenters. The number of hydrogen-bond acceptors (Lipinski definition) is 1. The van der Waals surface area contributed by atoms with Crippen LogP contribution in [0, 0.1) is 12.8 Å². The summed E-state index contributed by atoms with van der Waals surface area (Å²) in [6.45, 7) is 2.90. The van der Waals surface area contributed by atoms with Crippen LogP contribution in [0.2, 0.25) is 0 Å². The molecule has 0 saturated heterocycles. The zero-order chi connectivity index (χ0) is 15.1. The smallest absolute Gasteiger partial charge is 0.119 e. The lowest BCUT2D eigenvalue weighted by Crippen LogP contribution is -2.11. The predicted molar refractivity (Wildman–Crippen MR) is 96.4 cm³/mol. The summed E-state index contributed by atoms with van der Waals surface area (Å²) in [5, 5.41) is 1.00. The molecular weight excluding hydrogens is 392 g/mol. The molecule has 0 spiro atoms. The normalized spacial score (nSPS) is 12.1. The largest absolute Gasteiger partial charge is 0.494 e. The van der Waals surface area contributed by atoms with Crippen molar-refractivity contribution in [2.24, 2.45) is 5.92 Å². The molecule has 2 aromatic rings. The van der Waals surface area contributed by atoms with E-state index in [2.05, 4.69) is 63.0 Å². The number of aryl methyl sites for hydroxylation is 1. The molecule has 0 aliphatic rings. The standard InChI is InChI=1S/C18H20Br2O/c1-14-3-2-4-15(11-14)12-16(13-19)9-10-21-18-7-5-17(20)6-8-18/h2-8,11,16H,9-10,12-13H2,1H3. The second-order valence-corrected chi connectivity index (χ2v) is 6.87. The van der Waals surface area contributed by atoms with Gasteiger partial charge in [-0.25, -0.2) is 0 Å². The Balaban J connectivity index is 1.81. The summed E-state index contributed by atoms with van der Waals surface area (Å²) in [4.78, 5) is 0. The third-order valence-electron chi connectivity index (χ3n) is 3.43. The second-order valence-electron chi connectivity index (χ2n) is 5.30. The lowest BCUT2D eigenvalue weighted by Gasteiger charge is -2.15. The van der Waals surface area contributed by atoms with Gasteiger partial charge in [0.05, 0.1) is 6.61 Å². The van der Waals surface area contributed by atoms with E-state index in [1.165, 1.54) is 11.1 Å². The van der Waals surface area contributed by atoms with Gasteiger partial charge in [0, 0.05) is 9.80 Å². The molecule has 2 aromatic carbocycles. The first-order valence-corrected chi connectivity index (χ1v) is 9.08. The molecule has 0 saturated carbocycles. The molecule has 0 heterocycles. The van der Waals surface area contributed by atoms with Crippen LogP contribution in [-0.4, -0.2) is 11.9 Å². The van der Waals surface area contributed by atoms with Crippen molar-refractivity contribution in [2.45, 2.75) is 19.8 Å². The Kier molecular flexibility index (Phi) is 6.78. The monoisotopic (exact) mass is 410 g/mol. The fourth-order valence-corrected chi connectivity index (χ4v) is 3.10. The maximum atomic E-state index is 5.81. The minimum atomic E-state index is 0.599. The molecule has 0 aliphatic heterocycles. The first kappa shape index (κ1) is 16.6. The zero-order valence-electron chi connectivity index (χ0n) is 12.2. The van der Waals surface area contributed by atoms with Crippen LogP contribution in [0.15, 0.2) is 53.0 Å². The van der Waals surface area contributed by atoms with E-state index in [0.717, 1.165) is 35.0 Å². The molecular formula is C18H20Br2O. The van der Waals surface area contributed by atoms with Crippen LogP contribution < -0.4 is 4.74 Å². The number of alkyl halides is 1. The molecule has 0 fully saturated rings. The number of ether oxygens (including phenoxy) is 1. The van der Waals surface area contributed by atoms with Gasteiger partial charge < -0.3 is 4.74 Å². The highest BCUT2D eigenvalue weighted by molar-refractivity contribution is 9.10. The topological polar surface area (TPSA) is 9.23 Å². The van der Waals surface area contributed by atoms with Gasteiger partial charge in [-0.2, -0.15) is 0 Å². The van der Waals surface area contributed by atoms with Gasteiger partial charge in [-0.15, -0.1) is 0 Å². The van der Waals surface area contributed by atoms with Crippen molar-refractivity contribution in [1.82, 2.24) is 0 Å². The molecule has 0 amide bonds. The van der Waals surface area contributed by atoms with Crippen LogP contribution in [0.1, 0.15) is 17.5 Å². The van der Waals surface area contributed by atoms with Gasteiger partial charge in [-0.05, 0) is 55.5 Å². The van der Waals surface area contributed by atoms with E-state index in [0.29, 0.717) is 5.92 Å². The number of benzene rings is 2. The molecule has 1 atom stereocenters. The molecule has 2 rings (SSSR count). The minimum Gasteiger partial charge on any atom is -0.494 e. The zero-order valence-corrected chi connectivity index (χ0v) is 15.4. The summed E-state index contributed by atoms with van der Waals surface area (Å²) < 4.78 is 6.89. The van der Waals surface area contributed by atoms with Crippen molar-refractivity contribution in [3.05, 3.63) is 64.1 Å². The molecule has 0 N–H and O–H groups in total. The predicted octanol–water partition coefficient (Wildman–Crippen LogP) is 5.78. The lowest BCUT2D eigenvalue weighted by molar-refractivity contribution is 0.285. The summed E-state index contributed by atoms with van der Waals surface area (Å²) in [6.07, 6.45) is 2.14. The van der Waals surface area contributed by atoms with Gasteiger partial charge in [0.15, 0.2) is 0 Å². The van der Waals surface area contributed by atoms with Crippen molar-refractivity contribution < 1.29 is 4.74 Å². The summed E-state index contributed by atoms with van der Waals surface area (Å²) in [7, 11) is 0. The highest BCUT2D eigenvalue weighted by Crippen LogP contribution is 2.19. The fraction of sp³-hybridized carbons (Fsp3) is 0.333. The maximum absolute atomic E-state index is 5.81. The summed E-state index contributed by atoms with van der Waals surface area (Å²) in [6, 6.07) is 16.7. The molecule has 0 aromatic heterocycles. The van der Waals surface area contributed by atoms with E-state index < -0.39 is 0 Å². The van der Waals surface area contributed by atoms with Crippen LogP contribution in [0.4, 0.5) is 0 Å². The van der Waals surface area contributed by atoms with Crippen LogP contribution >= 0.6 is 31.9 Å². The van der Waals surface area contributed by atoms with Crippen LogP contribution in [0.25, 0.3) is 0 Å². The van der Waals surface area contributed by atoms with Crippen molar-refractivity contribution in [2.75, 3.05) is 11.9 Å². The Morgan fingerprint density at radius 1 is 1.10 bits per heavy atom. The number of hydrogen-bond donors (Lipinski definition) is 0. The van der Waals surface area contributed by atoms with E-state index in [1.807, 2.05) is 24.3 Å². The van der Waals surface area contributed by atoms with E-state index in [-0.39, 0.29) is 0 Å². The second kappa shape index (κ2) is 8.60. The number of halogens is 2. The Morgan fingerprint density at radius 3 is 2.52 bits per heavy atom. The van der Waals surface area contributed by atoms with Crippen LogP contribution in [0.5, 0.6) is 5.75 Å². The molecule has 0 bridgehead atoms. The van der Waals surface area contributed by atoms with Gasteiger partial charge in [0.1, 0.15) is 5.75 Å². The summed E-state index contributed by atoms with van der Waals surface area (Å²) in [5.74, 6) is 1.53. The molecule has 21 heavy (non-hydrogen) atoms. The van der Waals surface area contributed by atoms with Crippen molar-refractivity contribution >= 4 is 31.9 Å². The van der Waals surface area contributed by atoms with E-state index >= 15 is 0 Å². The average molecular weight is 412 g/mol. The Hall–Kier alpha value is -0.800. The molecule has 1 nitrogen and oxygen atoms in total. The minimum absolute atomic E-state index is 0.599. The van der Waals surface area contributed by atoms with Crippen molar-refractivity contribution in [3.63, 3.8) is 0 Å². The quantitative estimate of drug-likeness (QED) is 0.524. The SMILES string of the molecule is Cc1cccc(CC(CBr)CCOc2ccc(Br)cc2)c1. The summed E-state index contributed by atoms with van der Waals surface area (Å²) in [5.41, 5.74) is 2.73. The van der Waals surface area contributed by atoms with Gasteiger partial charge in [0.2, 0.25) is 0 Å². The molecule has 0 aliphatic carbocycles. The van der Waals surface area contributed by atoms with Crippen molar-refractivity contribution in [1.29, 1.82) is 0 Å². The van der Waals surface area contributed by atoms with Crippen LogP contribution in [0.3, 0.4) is 0 Å². The van der Waals surface area contributed by atoms with Crippen LogP contribution in [-0.2, 0) is 6.42 Å². The van der Waals surface area contributed by atoms with Gasteiger partial charge in [0.25, 0.3) is 0 Å². The Bertz CT molecular complexity index is 551. The first-order valence-electron chi connectivity index (χ1n) is 7.17. The maximum Gasteiger partial charge on any atom is 0.119 e. The molecule has 0 radical (unpaired) electrons. The average Bonchev–Trinajstić information content (AvgIpc) is 2.48. The van der Waals surface area contributed by atoms with E-state index in [1.54, 1.807) is 0 Å². The highest BCUT2D eigenvalue weighted by atomic mass is 79.9. The summed E-state index contributed by atoms with van der Waals surface area (Å²) >= 11 is 7.06. The molecule has 112 valence electrons. The van der Waals surface area contributed by atoms with E-state index in [4.69, 9.17) is 4.74 Å². The Labute approximate surface area is 144 Å². The number of rotatable bonds is 7. The van der Waals surface area contributed by atoms with Crippen molar-refractivity contribution in [3.8, 4) is 5.75 Å². The first-order chi connectivity index (χ1) is 10.2. The van der Waals surface area contributed by atoms with Gasteiger partial charge >= 0.3 is 0 Å². The van der Waals surface area contributed by atoms with E-state index in [9.17, 15) is 0 Å². The third-order valence-corrected chi connectivity index (χ3v) is 4.88. The molecule has 3 heteroatoms.